The number of hydrogen-bond donors (Lipinski definition) is 2. The van der Waals surface area contributed by atoms with E-state index in [1.54, 1.807) is 25.3 Å². The summed E-state index contributed by atoms with van der Waals surface area (Å²) in [6.07, 6.45) is 0. The first kappa shape index (κ1) is 16.1. The first-order chi connectivity index (χ1) is 11.1. The van der Waals surface area contributed by atoms with Gasteiger partial charge in [-0.15, -0.1) is 0 Å². The third-order valence-electron chi connectivity index (χ3n) is 3.89. The third kappa shape index (κ3) is 3.79. The molecule has 0 atom stereocenters. The van der Waals surface area contributed by atoms with Crippen LogP contribution in [0.3, 0.4) is 0 Å². The molecule has 2 aromatic carbocycles. The van der Waals surface area contributed by atoms with Crippen molar-refractivity contribution in [3.63, 3.8) is 0 Å². The van der Waals surface area contributed by atoms with Crippen LogP contribution < -0.4 is 10.0 Å². The minimum absolute atomic E-state index is 0.259. The van der Waals surface area contributed by atoms with Gasteiger partial charge in [0.25, 0.3) is 0 Å². The van der Waals surface area contributed by atoms with Crippen molar-refractivity contribution in [3.8, 4) is 0 Å². The summed E-state index contributed by atoms with van der Waals surface area (Å²) in [5.74, 6) is 0. The van der Waals surface area contributed by atoms with Crippen LogP contribution in [-0.2, 0) is 41.0 Å². The fourth-order valence-corrected chi connectivity index (χ4v) is 3.78. The Labute approximate surface area is 136 Å². The molecule has 23 heavy (non-hydrogen) atoms. The Bertz CT molecular complexity index is 803. The molecule has 0 fully saturated rings. The van der Waals surface area contributed by atoms with E-state index < -0.39 is 10.0 Å². The fourth-order valence-electron chi connectivity index (χ4n) is 2.69. The number of hydrogen-bond acceptors (Lipinski definition) is 4. The van der Waals surface area contributed by atoms with Crippen molar-refractivity contribution in [2.45, 2.75) is 31.1 Å². The van der Waals surface area contributed by atoms with E-state index in [0.29, 0.717) is 6.61 Å². The summed E-state index contributed by atoms with van der Waals surface area (Å²) in [6, 6.07) is 12.9. The molecule has 1 aliphatic heterocycles. The van der Waals surface area contributed by atoms with E-state index in [2.05, 4.69) is 22.2 Å². The standard InChI is InChI=1S/C17H20N2O3S/c1-22-12-14-3-2-4-17(8-14)23(20,21)19-9-13-5-6-15-10-18-11-16(15)7-13/h2-8,18-19H,9-12H2,1H3. The zero-order chi connectivity index (χ0) is 16.3. The summed E-state index contributed by atoms with van der Waals surface area (Å²) in [4.78, 5) is 0.259. The molecule has 1 heterocycles. The van der Waals surface area contributed by atoms with Crippen LogP contribution in [0.25, 0.3) is 0 Å². The number of nitrogens with one attached hydrogen (secondary N) is 2. The second-order valence-electron chi connectivity index (χ2n) is 5.61. The number of benzene rings is 2. The molecule has 0 spiro atoms. The predicted molar refractivity (Wildman–Crippen MR) is 88.2 cm³/mol. The van der Waals surface area contributed by atoms with Gasteiger partial charge < -0.3 is 10.1 Å². The van der Waals surface area contributed by atoms with Crippen LogP contribution in [0.5, 0.6) is 0 Å². The van der Waals surface area contributed by atoms with Gasteiger partial charge in [0.15, 0.2) is 0 Å². The van der Waals surface area contributed by atoms with Crippen LogP contribution in [0, 0.1) is 0 Å². The van der Waals surface area contributed by atoms with Crippen LogP contribution in [0.2, 0.25) is 0 Å². The Morgan fingerprint density at radius 2 is 1.91 bits per heavy atom. The molecule has 122 valence electrons. The smallest absolute Gasteiger partial charge is 0.240 e. The molecule has 2 aromatic rings. The molecule has 0 aliphatic carbocycles. The summed E-state index contributed by atoms with van der Waals surface area (Å²) >= 11 is 0. The summed E-state index contributed by atoms with van der Waals surface area (Å²) < 4.78 is 32.6. The van der Waals surface area contributed by atoms with Gasteiger partial charge in [0.2, 0.25) is 10.0 Å². The number of methoxy groups -OCH3 is 1. The van der Waals surface area contributed by atoms with Crippen molar-refractivity contribution in [2.24, 2.45) is 0 Å². The molecule has 0 unspecified atom stereocenters. The van der Waals surface area contributed by atoms with Crippen LogP contribution in [0.4, 0.5) is 0 Å². The zero-order valence-corrected chi connectivity index (χ0v) is 13.8. The van der Waals surface area contributed by atoms with Gasteiger partial charge in [-0.2, -0.15) is 0 Å². The number of fused-ring (bicyclic) bond motifs is 1. The van der Waals surface area contributed by atoms with Crippen LogP contribution in [0.1, 0.15) is 22.3 Å². The molecule has 5 nitrogen and oxygen atoms in total. The molecule has 6 heteroatoms. The second-order valence-corrected chi connectivity index (χ2v) is 7.38. The Morgan fingerprint density at radius 3 is 2.74 bits per heavy atom. The molecular weight excluding hydrogens is 312 g/mol. The van der Waals surface area contributed by atoms with E-state index in [1.165, 1.54) is 11.1 Å². The topological polar surface area (TPSA) is 67.4 Å². The van der Waals surface area contributed by atoms with E-state index in [9.17, 15) is 8.42 Å². The molecule has 3 rings (SSSR count). The molecular formula is C17H20N2O3S. The van der Waals surface area contributed by atoms with E-state index in [4.69, 9.17) is 4.74 Å². The van der Waals surface area contributed by atoms with Gasteiger partial charge in [0.1, 0.15) is 0 Å². The predicted octanol–water partition coefficient (Wildman–Crippen LogP) is 1.91. The van der Waals surface area contributed by atoms with Gasteiger partial charge in [-0.1, -0.05) is 30.3 Å². The van der Waals surface area contributed by atoms with E-state index >= 15 is 0 Å². The average Bonchev–Trinajstić information content (AvgIpc) is 3.01. The molecule has 0 bridgehead atoms. The summed E-state index contributed by atoms with van der Waals surface area (Å²) in [5.41, 5.74) is 4.32. The summed E-state index contributed by atoms with van der Waals surface area (Å²) in [6.45, 7) is 2.40. The zero-order valence-electron chi connectivity index (χ0n) is 13.0. The molecule has 0 aromatic heterocycles. The lowest BCUT2D eigenvalue weighted by Crippen LogP contribution is -2.23. The van der Waals surface area contributed by atoms with Crippen molar-refractivity contribution >= 4 is 10.0 Å². The maximum Gasteiger partial charge on any atom is 0.240 e. The molecule has 2 N–H and O–H groups in total. The SMILES string of the molecule is COCc1cccc(S(=O)(=O)NCc2ccc3c(c2)CNC3)c1. The lowest BCUT2D eigenvalue weighted by molar-refractivity contribution is 0.184. The molecule has 0 saturated carbocycles. The van der Waals surface area contributed by atoms with E-state index in [0.717, 1.165) is 24.2 Å². The Hall–Kier alpha value is -1.73. The number of rotatable bonds is 6. The summed E-state index contributed by atoms with van der Waals surface area (Å²) in [5, 5.41) is 3.28. The normalized spacial score (nSPS) is 14.0. The van der Waals surface area contributed by atoms with Crippen molar-refractivity contribution in [2.75, 3.05) is 7.11 Å². The lowest BCUT2D eigenvalue weighted by atomic mass is 10.1. The second kappa shape index (κ2) is 6.80. The van der Waals surface area contributed by atoms with Crippen LogP contribution in [0.15, 0.2) is 47.4 Å². The highest BCUT2D eigenvalue weighted by Crippen LogP contribution is 2.18. The van der Waals surface area contributed by atoms with E-state index in [1.807, 2.05) is 12.1 Å². The molecule has 1 aliphatic rings. The lowest BCUT2D eigenvalue weighted by Gasteiger charge is -2.09. The largest absolute Gasteiger partial charge is 0.380 e. The van der Waals surface area contributed by atoms with Gasteiger partial charge in [-0.3, -0.25) is 0 Å². The van der Waals surface area contributed by atoms with Crippen molar-refractivity contribution < 1.29 is 13.2 Å². The van der Waals surface area contributed by atoms with Crippen molar-refractivity contribution in [1.29, 1.82) is 0 Å². The van der Waals surface area contributed by atoms with Gasteiger partial charge in [-0.25, -0.2) is 13.1 Å². The van der Waals surface area contributed by atoms with Gasteiger partial charge in [-0.05, 0) is 34.4 Å². The maximum atomic E-state index is 12.4. The highest BCUT2D eigenvalue weighted by molar-refractivity contribution is 7.89. The third-order valence-corrected chi connectivity index (χ3v) is 5.29. The summed E-state index contributed by atoms with van der Waals surface area (Å²) in [7, 11) is -1.95. The van der Waals surface area contributed by atoms with E-state index in [-0.39, 0.29) is 11.4 Å². The monoisotopic (exact) mass is 332 g/mol. The molecule has 0 saturated heterocycles. The van der Waals surface area contributed by atoms with Crippen LogP contribution >= 0.6 is 0 Å². The first-order valence-electron chi connectivity index (χ1n) is 7.47. The minimum Gasteiger partial charge on any atom is -0.380 e. The Balaban J connectivity index is 1.72. The van der Waals surface area contributed by atoms with Gasteiger partial charge in [0.05, 0.1) is 11.5 Å². The van der Waals surface area contributed by atoms with Gasteiger partial charge >= 0.3 is 0 Å². The number of sulfonamides is 1. The highest BCUT2D eigenvalue weighted by atomic mass is 32.2. The Kier molecular flexibility index (Phi) is 4.77. The molecule has 0 amide bonds. The molecule has 0 radical (unpaired) electrons. The Morgan fingerprint density at radius 1 is 1.09 bits per heavy atom. The van der Waals surface area contributed by atoms with Crippen LogP contribution in [-0.4, -0.2) is 15.5 Å². The highest BCUT2D eigenvalue weighted by Gasteiger charge is 2.15. The average molecular weight is 332 g/mol. The quantitative estimate of drug-likeness (QED) is 0.848. The fraction of sp³-hybridized carbons (Fsp3) is 0.294. The first-order valence-corrected chi connectivity index (χ1v) is 8.96. The van der Waals surface area contributed by atoms with Gasteiger partial charge in [0, 0.05) is 26.7 Å². The number of ether oxygens (including phenoxy) is 1. The van der Waals surface area contributed by atoms with Crippen molar-refractivity contribution in [1.82, 2.24) is 10.0 Å². The maximum absolute atomic E-state index is 12.4. The van der Waals surface area contributed by atoms with Crippen molar-refractivity contribution in [3.05, 3.63) is 64.7 Å². The minimum atomic E-state index is -3.53.